The van der Waals surface area contributed by atoms with Crippen LogP contribution in [-0.4, -0.2) is 51.9 Å². The summed E-state index contributed by atoms with van der Waals surface area (Å²) in [5.41, 5.74) is 5.73. The Morgan fingerprint density at radius 2 is 2.19 bits per heavy atom. The Balaban J connectivity index is 1.81. The Morgan fingerprint density at radius 3 is 2.89 bits per heavy atom. The van der Waals surface area contributed by atoms with E-state index in [1.807, 2.05) is 26.8 Å². The van der Waals surface area contributed by atoms with Gasteiger partial charge in [0, 0.05) is 11.0 Å². The molecule has 1 atom stereocenters. The molecule has 9 heteroatoms. The lowest BCUT2D eigenvalue weighted by molar-refractivity contribution is -0.0474. The van der Waals surface area contributed by atoms with Gasteiger partial charge in [-0.25, -0.2) is 9.78 Å². The highest BCUT2D eigenvalue weighted by molar-refractivity contribution is 9.10. The Hall–Kier alpha value is -2.13. The number of carbonyl (C=O) groups is 1. The Morgan fingerprint density at radius 1 is 1.44 bits per heavy atom. The van der Waals surface area contributed by atoms with Gasteiger partial charge in [0.05, 0.1) is 36.7 Å². The van der Waals surface area contributed by atoms with Gasteiger partial charge in [-0.15, -0.1) is 0 Å². The molecule has 1 amide bonds. The zero-order valence-electron chi connectivity index (χ0n) is 15.6. The lowest BCUT2D eigenvalue weighted by Crippen LogP contribution is -2.49. The Labute approximate surface area is 165 Å². The Bertz CT molecular complexity index is 922. The number of nitrogens with zero attached hydrogens (tertiary/aromatic N) is 3. The van der Waals surface area contributed by atoms with Gasteiger partial charge in [0.15, 0.2) is 0 Å². The van der Waals surface area contributed by atoms with Gasteiger partial charge < -0.3 is 20.1 Å². The minimum Gasteiger partial charge on any atom is -0.444 e. The third-order valence-corrected chi connectivity index (χ3v) is 4.62. The van der Waals surface area contributed by atoms with Crippen LogP contribution in [0, 0.1) is 0 Å². The molecule has 0 spiro atoms. The summed E-state index contributed by atoms with van der Waals surface area (Å²) in [6, 6.07) is 5.26. The molecule has 3 rings (SSSR count). The maximum atomic E-state index is 12.8. The molecule has 1 aromatic carbocycles. The van der Waals surface area contributed by atoms with Crippen molar-refractivity contribution >= 4 is 38.9 Å². The molecule has 146 valence electrons. The van der Waals surface area contributed by atoms with E-state index < -0.39 is 11.7 Å². The van der Waals surface area contributed by atoms with E-state index in [1.165, 1.54) is 4.57 Å². The lowest BCUT2D eigenvalue weighted by Gasteiger charge is -2.34. The lowest BCUT2D eigenvalue weighted by atomic mass is 10.2. The zero-order chi connectivity index (χ0) is 19.8. The van der Waals surface area contributed by atoms with Gasteiger partial charge in [-0.2, -0.15) is 0 Å². The smallest absolute Gasteiger partial charge is 0.410 e. The van der Waals surface area contributed by atoms with Crippen LogP contribution < -0.4 is 11.3 Å². The Kier molecular flexibility index (Phi) is 5.43. The number of hydrogen-bond donors (Lipinski definition) is 1. The number of ether oxygens (including phenoxy) is 2. The fourth-order valence-corrected chi connectivity index (χ4v) is 3.27. The van der Waals surface area contributed by atoms with E-state index in [0.717, 1.165) is 4.47 Å². The average Bonchev–Trinajstić information content (AvgIpc) is 2.58. The minimum atomic E-state index is -0.568. The van der Waals surface area contributed by atoms with Gasteiger partial charge in [-0.05, 0) is 39.0 Å². The molecule has 1 unspecified atom stereocenters. The van der Waals surface area contributed by atoms with Gasteiger partial charge >= 0.3 is 6.09 Å². The number of nitrogen functional groups attached to an aromatic ring is 1. The third-order valence-electron chi connectivity index (χ3n) is 4.12. The first kappa shape index (κ1) is 19.6. The normalized spacial score (nSPS) is 17.9. The van der Waals surface area contributed by atoms with E-state index in [1.54, 1.807) is 17.0 Å². The summed E-state index contributed by atoms with van der Waals surface area (Å²) in [6.07, 6.45) is -0.769. The molecule has 0 saturated carbocycles. The maximum Gasteiger partial charge on any atom is 0.410 e. The van der Waals surface area contributed by atoms with E-state index in [2.05, 4.69) is 20.9 Å². The zero-order valence-corrected chi connectivity index (χ0v) is 17.2. The summed E-state index contributed by atoms with van der Waals surface area (Å²) >= 11 is 3.37. The predicted octanol–water partition coefficient (Wildman–Crippen LogP) is 2.38. The van der Waals surface area contributed by atoms with Crippen molar-refractivity contribution in [1.82, 2.24) is 14.5 Å². The number of nitrogens with two attached hydrogens (primary N) is 1. The highest BCUT2D eigenvalue weighted by Crippen LogP contribution is 2.18. The molecular weight excluding hydrogens is 416 g/mol. The van der Waals surface area contributed by atoms with Gasteiger partial charge in [-0.3, -0.25) is 9.36 Å². The van der Waals surface area contributed by atoms with Crippen molar-refractivity contribution in [2.75, 3.05) is 25.4 Å². The largest absolute Gasteiger partial charge is 0.444 e. The minimum absolute atomic E-state index is 0.118. The van der Waals surface area contributed by atoms with Crippen molar-refractivity contribution < 1.29 is 14.3 Å². The summed E-state index contributed by atoms with van der Waals surface area (Å²) < 4.78 is 13.3. The first-order valence-electron chi connectivity index (χ1n) is 8.69. The highest BCUT2D eigenvalue weighted by Gasteiger charge is 2.29. The number of hydrogen-bond acceptors (Lipinski definition) is 6. The number of anilines is 1. The van der Waals surface area contributed by atoms with E-state index in [4.69, 9.17) is 15.2 Å². The first-order valence-corrected chi connectivity index (χ1v) is 9.48. The molecule has 2 aromatic rings. The molecular formula is C18H23BrN4O4. The topological polar surface area (TPSA) is 99.7 Å². The summed E-state index contributed by atoms with van der Waals surface area (Å²) in [4.78, 5) is 31.0. The first-order chi connectivity index (χ1) is 12.6. The molecule has 1 aliphatic heterocycles. The average molecular weight is 439 g/mol. The van der Waals surface area contributed by atoms with Crippen LogP contribution in [0.3, 0.4) is 0 Å². The van der Waals surface area contributed by atoms with Crippen LogP contribution in [0.15, 0.2) is 27.5 Å². The molecule has 0 radical (unpaired) electrons. The number of rotatable bonds is 2. The predicted molar refractivity (Wildman–Crippen MR) is 106 cm³/mol. The van der Waals surface area contributed by atoms with Crippen LogP contribution >= 0.6 is 15.9 Å². The summed E-state index contributed by atoms with van der Waals surface area (Å²) in [5.74, 6) is 0.118. The van der Waals surface area contributed by atoms with E-state index in [-0.39, 0.29) is 24.2 Å². The molecule has 0 bridgehead atoms. The van der Waals surface area contributed by atoms with Crippen LogP contribution in [-0.2, 0) is 16.0 Å². The van der Waals surface area contributed by atoms with Gasteiger partial charge in [-0.1, -0.05) is 15.9 Å². The molecule has 1 saturated heterocycles. The van der Waals surface area contributed by atoms with Crippen LogP contribution in [0.1, 0.15) is 20.8 Å². The molecule has 1 aromatic heterocycles. The van der Waals surface area contributed by atoms with Crippen molar-refractivity contribution in [1.29, 1.82) is 0 Å². The van der Waals surface area contributed by atoms with Crippen molar-refractivity contribution in [3.8, 4) is 0 Å². The van der Waals surface area contributed by atoms with Gasteiger partial charge in [0.25, 0.3) is 5.56 Å². The third kappa shape index (κ3) is 4.59. The summed E-state index contributed by atoms with van der Waals surface area (Å²) in [5, 5.41) is 0.471. The summed E-state index contributed by atoms with van der Waals surface area (Å²) in [6.45, 7) is 6.80. The molecule has 1 fully saturated rings. The summed E-state index contributed by atoms with van der Waals surface area (Å²) in [7, 11) is 0. The van der Waals surface area contributed by atoms with Crippen molar-refractivity contribution in [2.45, 2.75) is 39.0 Å². The van der Waals surface area contributed by atoms with E-state index >= 15 is 0 Å². The quantitative estimate of drug-likeness (QED) is 0.772. The molecule has 27 heavy (non-hydrogen) atoms. The van der Waals surface area contributed by atoms with Crippen LogP contribution in [0.5, 0.6) is 0 Å². The van der Waals surface area contributed by atoms with Gasteiger partial charge in [0.2, 0.25) is 5.95 Å². The number of halogens is 1. The van der Waals surface area contributed by atoms with Gasteiger partial charge in [0.1, 0.15) is 5.60 Å². The number of morpholine rings is 1. The van der Waals surface area contributed by atoms with E-state index in [9.17, 15) is 9.59 Å². The second kappa shape index (κ2) is 7.47. The van der Waals surface area contributed by atoms with Crippen LogP contribution in [0.25, 0.3) is 10.9 Å². The van der Waals surface area contributed by atoms with Crippen LogP contribution in [0.2, 0.25) is 0 Å². The standard InChI is InChI=1S/C18H23BrN4O4/c1-18(2,3)27-17(25)22-6-7-26-12(9-22)10-23-15(24)13-8-11(19)4-5-14(13)21-16(23)20/h4-5,8,12H,6-7,9-10H2,1-3H3,(H2,20,21). The molecule has 8 nitrogen and oxygen atoms in total. The van der Waals surface area contributed by atoms with Crippen molar-refractivity contribution in [3.63, 3.8) is 0 Å². The number of fused-ring (bicyclic) bond motifs is 1. The fourth-order valence-electron chi connectivity index (χ4n) is 2.91. The second-order valence-electron chi connectivity index (χ2n) is 7.47. The number of benzene rings is 1. The fraction of sp³-hybridized carbons (Fsp3) is 0.500. The molecule has 2 N–H and O–H groups in total. The van der Waals surface area contributed by atoms with Crippen molar-refractivity contribution in [2.24, 2.45) is 0 Å². The SMILES string of the molecule is CC(C)(C)OC(=O)N1CCOC(Cn2c(N)nc3ccc(Br)cc3c2=O)C1. The molecule has 2 heterocycles. The van der Waals surface area contributed by atoms with Crippen LogP contribution in [0.4, 0.5) is 10.7 Å². The van der Waals surface area contributed by atoms with E-state index in [0.29, 0.717) is 30.6 Å². The molecule has 1 aliphatic rings. The highest BCUT2D eigenvalue weighted by atomic mass is 79.9. The number of amides is 1. The monoisotopic (exact) mass is 438 g/mol. The van der Waals surface area contributed by atoms with Crippen molar-refractivity contribution in [3.05, 3.63) is 33.0 Å². The number of carbonyl (C=O) groups excluding carboxylic acids is 1. The number of aromatic nitrogens is 2. The second-order valence-corrected chi connectivity index (χ2v) is 8.38. The molecule has 0 aliphatic carbocycles. The maximum absolute atomic E-state index is 12.8.